The van der Waals surface area contributed by atoms with Crippen LogP contribution in [-0.4, -0.2) is 24.2 Å². The highest BCUT2D eigenvalue weighted by atomic mass is 32.2. The van der Waals surface area contributed by atoms with Crippen molar-refractivity contribution in [3.05, 3.63) is 35.0 Å². The molecule has 0 unspecified atom stereocenters. The molecule has 1 atom stereocenters. The lowest BCUT2D eigenvalue weighted by atomic mass is 10.1. The van der Waals surface area contributed by atoms with E-state index in [0.29, 0.717) is 10.6 Å². The predicted octanol–water partition coefficient (Wildman–Crippen LogP) is 1.55. The van der Waals surface area contributed by atoms with E-state index in [4.69, 9.17) is 0 Å². The molecule has 0 saturated carbocycles. The second-order valence-electron chi connectivity index (χ2n) is 4.72. The van der Waals surface area contributed by atoms with Crippen LogP contribution in [0.15, 0.2) is 28.6 Å². The lowest BCUT2D eigenvalue weighted by Gasteiger charge is -2.23. The van der Waals surface area contributed by atoms with Gasteiger partial charge in [0, 0.05) is 35.8 Å². The van der Waals surface area contributed by atoms with Crippen molar-refractivity contribution in [1.29, 1.82) is 0 Å². The van der Waals surface area contributed by atoms with Crippen molar-refractivity contribution < 1.29 is 8.42 Å². The summed E-state index contributed by atoms with van der Waals surface area (Å²) in [6.45, 7) is 2.67. The molecule has 1 aliphatic heterocycles. The van der Waals surface area contributed by atoms with Gasteiger partial charge >= 0.3 is 0 Å². The quantitative estimate of drug-likeness (QED) is 0.935. The fraction of sp³-hybridized carbons (Fsp3) is 0.417. The van der Waals surface area contributed by atoms with Gasteiger partial charge < -0.3 is 0 Å². The van der Waals surface area contributed by atoms with Crippen LogP contribution in [0, 0.1) is 6.92 Å². The Hall–Kier alpha value is -1.18. The van der Waals surface area contributed by atoms with Gasteiger partial charge in [-0.2, -0.15) is 5.10 Å². The van der Waals surface area contributed by atoms with Crippen molar-refractivity contribution in [3.63, 3.8) is 0 Å². The molecule has 0 fully saturated rings. The monoisotopic (exact) mass is 297 g/mol. The van der Waals surface area contributed by atoms with Gasteiger partial charge in [-0.1, -0.05) is 0 Å². The zero-order valence-electron chi connectivity index (χ0n) is 10.5. The topological polar surface area (TPSA) is 64.0 Å². The minimum atomic E-state index is -3.39. The van der Waals surface area contributed by atoms with Gasteiger partial charge in [-0.05, 0) is 31.5 Å². The van der Waals surface area contributed by atoms with Gasteiger partial charge in [0.05, 0.1) is 0 Å². The van der Waals surface area contributed by atoms with Gasteiger partial charge in [0.25, 0.3) is 0 Å². The Labute approximate surface area is 116 Å². The van der Waals surface area contributed by atoms with Gasteiger partial charge in [-0.15, -0.1) is 11.3 Å². The van der Waals surface area contributed by atoms with Crippen LogP contribution in [0.3, 0.4) is 0 Å². The normalized spacial score (nSPS) is 19.3. The van der Waals surface area contributed by atoms with Crippen molar-refractivity contribution in [3.8, 4) is 0 Å². The summed E-state index contributed by atoms with van der Waals surface area (Å²) in [7, 11) is -3.39. The number of aryl methyl sites for hydroxylation is 2. The third kappa shape index (κ3) is 2.58. The molecule has 0 radical (unpaired) electrons. The molecule has 1 N–H and O–H groups in total. The molecule has 19 heavy (non-hydrogen) atoms. The van der Waals surface area contributed by atoms with Crippen LogP contribution in [0.5, 0.6) is 0 Å². The average Bonchev–Trinajstić information content (AvgIpc) is 2.96. The number of sulfonamides is 1. The zero-order valence-corrected chi connectivity index (χ0v) is 12.2. The van der Waals surface area contributed by atoms with Crippen molar-refractivity contribution in [2.24, 2.45) is 0 Å². The van der Waals surface area contributed by atoms with E-state index < -0.39 is 10.0 Å². The number of fused-ring (bicyclic) bond motifs is 1. The maximum Gasteiger partial charge on any atom is 0.250 e. The highest BCUT2D eigenvalue weighted by Gasteiger charge is 2.25. The van der Waals surface area contributed by atoms with Gasteiger partial charge in [0.1, 0.15) is 4.21 Å². The van der Waals surface area contributed by atoms with Gasteiger partial charge in [0.2, 0.25) is 10.0 Å². The Morgan fingerprint density at radius 1 is 1.42 bits per heavy atom. The molecular formula is C12H15N3O2S2. The third-order valence-electron chi connectivity index (χ3n) is 3.25. The summed E-state index contributed by atoms with van der Waals surface area (Å²) < 4.78 is 29.6. The molecule has 3 heterocycles. The summed E-state index contributed by atoms with van der Waals surface area (Å²) in [6.07, 6.45) is 3.23. The summed E-state index contributed by atoms with van der Waals surface area (Å²) in [4.78, 5) is 1.00. The van der Waals surface area contributed by atoms with Crippen LogP contribution in [-0.2, 0) is 23.0 Å². The number of thiophene rings is 1. The van der Waals surface area contributed by atoms with Crippen LogP contribution in [0.2, 0.25) is 0 Å². The second-order valence-corrected chi connectivity index (χ2v) is 7.95. The first-order valence-electron chi connectivity index (χ1n) is 6.14. The molecule has 0 spiro atoms. The van der Waals surface area contributed by atoms with E-state index in [0.717, 1.165) is 23.5 Å². The van der Waals surface area contributed by atoms with Crippen molar-refractivity contribution in [2.75, 3.05) is 0 Å². The average molecular weight is 297 g/mol. The number of rotatable bonds is 3. The van der Waals surface area contributed by atoms with E-state index in [1.807, 2.05) is 23.7 Å². The molecule has 2 aromatic rings. The lowest BCUT2D eigenvalue weighted by Crippen LogP contribution is -2.39. The smallest absolute Gasteiger partial charge is 0.250 e. The molecule has 102 valence electrons. The molecule has 0 saturated heterocycles. The first kappa shape index (κ1) is 12.8. The van der Waals surface area contributed by atoms with Crippen LogP contribution in [0.1, 0.15) is 17.0 Å². The minimum absolute atomic E-state index is 0.0448. The molecule has 0 aromatic carbocycles. The van der Waals surface area contributed by atoms with Crippen molar-refractivity contribution in [2.45, 2.75) is 36.6 Å². The first-order chi connectivity index (χ1) is 9.04. The van der Waals surface area contributed by atoms with E-state index in [9.17, 15) is 8.42 Å². The highest BCUT2D eigenvalue weighted by Crippen LogP contribution is 2.22. The SMILES string of the molecule is Cc1ccc(S(=O)(=O)N[C@H]2CCn3nccc3C2)s1. The Morgan fingerprint density at radius 2 is 2.26 bits per heavy atom. The molecule has 0 bridgehead atoms. The van der Waals surface area contributed by atoms with Gasteiger partial charge in [-0.25, -0.2) is 13.1 Å². The van der Waals surface area contributed by atoms with Crippen LogP contribution in [0.25, 0.3) is 0 Å². The first-order valence-corrected chi connectivity index (χ1v) is 8.44. The highest BCUT2D eigenvalue weighted by molar-refractivity contribution is 7.91. The van der Waals surface area contributed by atoms with Crippen LogP contribution >= 0.6 is 11.3 Å². The van der Waals surface area contributed by atoms with Crippen LogP contribution < -0.4 is 4.72 Å². The summed E-state index contributed by atoms with van der Waals surface area (Å²) in [6, 6.07) is 5.39. The standard InChI is InChI=1S/C12H15N3O2S2/c1-9-2-3-12(18-9)19(16,17)14-10-5-7-15-11(8-10)4-6-13-15/h2-4,6,10,14H,5,7-8H2,1H3/t10-/m0/s1. The Kier molecular flexibility index (Phi) is 3.20. The minimum Gasteiger partial charge on any atom is -0.269 e. The Balaban J connectivity index is 1.76. The predicted molar refractivity (Wildman–Crippen MR) is 73.7 cm³/mol. The van der Waals surface area contributed by atoms with Gasteiger partial charge in [0.15, 0.2) is 0 Å². The van der Waals surface area contributed by atoms with E-state index in [1.54, 1.807) is 12.3 Å². The molecular weight excluding hydrogens is 282 g/mol. The zero-order chi connectivity index (χ0) is 13.5. The second kappa shape index (κ2) is 4.73. The summed E-state index contributed by atoms with van der Waals surface area (Å²) >= 11 is 1.30. The number of aromatic nitrogens is 2. The number of hydrogen-bond acceptors (Lipinski definition) is 4. The van der Waals surface area contributed by atoms with E-state index >= 15 is 0 Å². The largest absolute Gasteiger partial charge is 0.269 e. The third-order valence-corrected chi connectivity index (χ3v) is 6.26. The van der Waals surface area contributed by atoms with Crippen molar-refractivity contribution >= 4 is 21.4 Å². The number of nitrogens with zero attached hydrogens (tertiary/aromatic N) is 2. The molecule has 5 nitrogen and oxygen atoms in total. The maximum atomic E-state index is 12.2. The van der Waals surface area contributed by atoms with E-state index in [1.165, 1.54) is 11.3 Å². The van der Waals surface area contributed by atoms with E-state index in [-0.39, 0.29) is 6.04 Å². The van der Waals surface area contributed by atoms with Gasteiger partial charge in [-0.3, -0.25) is 4.68 Å². The summed E-state index contributed by atoms with van der Waals surface area (Å²) in [5.41, 5.74) is 1.08. The molecule has 1 aliphatic rings. The Bertz CT molecular complexity index is 687. The summed E-state index contributed by atoms with van der Waals surface area (Å²) in [5, 5.41) is 4.19. The summed E-state index contributed by atoms with van der Waals surface area (Å²) in [5.74, 6) is 0. The van der Waals surface area contributed by atoms with E-state index in [2.05, 4.69) is 9.82 Å². The van der Waals surface area contributed by atoms with Crippen LogP contribution in [0.4, 0.5) is 0 Å². The molecule has 7 heteroatoms. The fourth-order valence-electron chi connectivity index (χ4n) is 2.30. The maximum absolute atomic E-state index is 12.2. The number of hydrogen-bond donors (Lipinski definition) is 1. The molecule has 2 aromatic heterocycles. The Morgan fingerprint density at radius 3 is 3.00 bits per heavy atom. The molecule has 0 amide bonds. The van der Waals surface area contributed by atoms with Crippen molar-refractivity contribution in [1.82, 2.24) is 14.5 Å². The lowest BCUT2D eigenvalue weighted by molar-refractivity contribution is 0.414. The number of nitrogens with one attached hydrogen (secondary N) is 1. The fourth-order valence-corrected chi connectivity index (χ4v) is 4.87. The molecule has 3 rings (SSSR count). The molecule has 0 aliphatic carbocycles.